The molecule has 0 aliphatic heterocycles. The van der Waals surface area contributed by atoms with E-state index in [0.717, 1.165) is 12.5 Å². The topological polar surface area (TPSA) is 15.3 Å². The van der Waals surface area contributed by atoms with Gasteiger partial charge in [0.1, 0.15) is 0 Å². The third-order valence-corrected chi connectivity index (χ3v) is 3.49. The summed E-state index contributed by atoms with van der Waals surface area (Å²) >= 11 is 0. The largest absolute Gasteiger partial charge is 0.314 e. The van der Waals surface area contributed by atoms with Gasteiger partial charge in [-0.2, -0.15) is 0 Å². The molecule has 0 spiro atoms. The first-order chi connectivity index (χ1) is 7.51. The van der Waals surface area contributed by atoms with Gasteiger partial charge in [0.15, 0.2) is 0 Å². The zero-order valence-corrected chi connectivity index (χ0v) is 12.2. The van der Waals surface area contributed by atoms with Gasteiger partial charge < -0.3 is 10.2 Å². The van der Waals surface area contributed by atoms with E-state index < -0.39 is 0 Å². The minimum atomic E-state index is 0.634. The summed E-state index contributed by atoms with van der Waals surface area (Å²) in [6.07, 6.45) is 3.75. The van der Waals surface area contributed by atoms with Crippen molar-refractivity contribution in [2.24, 2.45) is 5.92 Å². The molecule has 2 heteroatoms. The van der Waals surface area contributed by atoms with Crippen molar-refractivity contribution < 1.29 is 0 Å². The Labute approximate surface area is 103 Å². The Hall–Kier alpha value is -0.0800. The molecule has 0 aromatic rings. The first-order valence-electron chi connectivity index (χ1n) is 6.94. The van der Waals surface area contributed by atoms with Crippen LogP contribution >= 0.6 is 0 Å². The van der Waals surface area contributed by atoms with Crippen LogP contribution in [0.5, 0.6) is 0 Å². The maximum atomic E-state index is 3.56. The summed E-state index contributed by atoms with van der Waals surface area (Å²) in [7, 11) is 2.25. The van der Waals surface area contributed by atoms with Crippen LogP contribution in [0.15, 0.2) is 0 Å². The van der Waals surface area contributed by atoms with Crippen molar-refractivity contribution in [3.8, 4) is 0 Å². The summed E-state index contributed by atoms with van der Waals surface area (Å²) in [5.74, 6) is 0.811. The average Bonchev–Trinajstić information content (AvgIpc) is 2.25. The Balaban J connectivity index is 3.80. The van der Waals surface area contributed by atoms with Crippen molar-refractivity contribution in [2.75, 3.05) is 20.1 Å². The molecule has 98 valence electrons. The van der Waals surface area contributed by atoms with Crippen LogP contribution in [0, 0.1) is 5.92 Å². The maximum absolute atomic E-state index is 3.56. The molecular formula is C14H32N2. The van der Waals surface area contributed by atoms with Gasteiger partial charge in [0, 0.05) is 18.6 Å². The van der Waals surface area contributed by atoms with Crippen molar-refractivity contribution in [2.45, 2.75) is 66.0 Å². The lowest BCUT2D eigenvalue weighted by Gasteiger charge is -2.29. The maximum Gasteiger partial charge on any atom is 0.00786 e. The van der Waals surface area contributed by atoms with Crippen LogP contribution in [0.4, 0.5) is 0 Å². The van der Waals surface area contributed by atoms with Gasteiger partial charge in [-0.15, -0.1) is 0 Å². The fraction of sp³-hybridized carbons (Fsp3) is 1.00. The van der Waals surface area contributed by atoms with E-state index in [0.29, 0.717) is 12.1 Å². The van der Waals surface area contributed by atoms with Gasteiger partial charge >= 0.3 is 0 Å². The Morgan fingerprint density at radius 2 is 1.75 bits per heavy atom. The van der Waals surface area contributed by atoms with E-state index >= 15 is 0 Å². The molecule has 0 aromatic heterocycles. The van der Waals surface area contributed by atoms with Gasteiger partial charge in [-0.3, -0.25) is 0 Å². The lowest BCUT2D eigenvalue weighted by molar-refractivity contribution is 0.201. The molecule has 0 aromatic carbocycles. The standard InChI is InChI=1S/C14H32N2/c1-7-9-15-13(4)10-14(5)16(6)11-12(3)8-2/h12-15H,7-11H2,1-6H3. The molecule has 0 aliphatic carbocycles. The minimum absolute atomic E-state index is 0.634. The first kappa shape index (κ1) is 15.9. The smallest absolute Gasteiger partial charge is 0.00786 e. The number of hydrogen-bond acceptors (Lipinski definition) is 2. The molecule has 0 amide bonds. The molecule has 0 radical (unpaired) electrons. The van der Waals surface area contributed by atoms with Gasteiger partial charge in [-0.1, -0.05) is 27.2 Å². The number of rotatable bonds is 9. The monoisotopic (exact) mass is 228 g/mol. The Morgan fingerprint density at radius 1 is 1.12 bits per heavy atom. The van der Waals surface area contributed by atoms with Gasteiger partial charge in [0.05, 0.1) is 0 Å². The van der Waals surface area contributed by atoms with Crippen LogP contribution in [0.1, 0.15) is 53.9 Å². The second-order valence-electron chi connectivity index (χ2n) is 5.39. The van der Waals surface area contributed by atoms with Crippen LogP contribution < -0.4 is 5.32 Å². The fourth-order valence-electron chi connectivity index (χ4n) is 1.97. The van der Waals surface area contributed by atoms with Gasteiger partial charge in [0.2, 0.25) is 0 Å². The lowest BCUT2D eigenvalue weighted by atomic mass is 10.1. The molecule has 3 unspecified atom stereocenters. The van der Waals surface area contributed by atoms with Gasteiger partial charge in [0.25, 0.3) is 0 Å². The summed E-state index contributed by atoms with van der Waals surface area (Å²) in [6, 6.07) is 1.31. The van der Waals surface area contributed by atoms with Gasteiger partial charge in [-0.25, -0.2) is 0 Å². The van der Waals surface area contributed by atoms with Crippen molar-refractivity contribution in [3.63, 3.8) is 0 Å². The highest BCUT2D eigenvalue weighted by Gasteiger charge is 2.14. The number of hydrogen-bond donors (Lipinski definition) is 1. The molecule has 0 aliphatic rings. The summed E-state index contributed by atoms with van der Waals surface area (Å²) in [4.78, 5) is 2.50. The predicted octanol–water partition coefficient (Wildman–Crippen LogP) is 3.13. The molecule has 16 heavy (non-hydrogen) atoms. The van der Waals surface area contributed by atoms with Crippen molar-refractivity contribution in [3.05, 3.63) is 0 Å². The zero-order valence-electron chi connectivity index (χ0n) is 12.2. The third-order valence-electron chi connectivity index (χ3n) is 3.49. The van der Waals surface area contributed by atoms with E-state index in [1.807, 2.05) is 0 Å². The van der Waals surface area contributed by atoms with E-state index in [4.69, 9.17) is 0 Å². The van der Waals surface area contributed by atoms with Gasteiger partial charge in [-0.05, 0) is 46.2 Å². The predicted molar refractivity (Wildman–Crippen MR) is 73.9 cm³/mol. The fourth-order valence-corrected chi connectivity index (χ4v) is 1.97. The van der Waals surface area contributed by atoms with Crippen LogP contribution in [0.2, 0.25) is 0 Å². The van der Waals surface area contributed by atoms with E-state index in [1.54, 1.807) is 0 Å². The Kier molecular flexibility index (Phi) is 8.96. The highest BCUT2D eigenvalue weighted by atomic mass is 15.1. The molecule has 2 nitrogen and oxygen atoms in total. The summed E-state index contributed by atoms with van der Waals surface area (Å²) in [5.41, 5.74) is 0. The Morgan fingerprint density at radius 3 is 2.25 bits per heavy atom. The SMILES string of the molecule is CCCNC(C)CC(C)N(C)CC(C)CC. The summed E-state index contributed by atoms with van der Waals surface area (Å²) in [6.45, 7) is 13.8. The van der Waals surface area contributed by atoms with E-state index in [-0.39, 0.29) is 0 Å². The van der Waals surface area contributed by atoms with E-state index in [9.17, 15) is 0 Å². The molecule has 0 saturated heterocycles. The highest BCUT2D eigenvalue weighted by molar-refractivity contribution is 4.72. The van der Waals surface area contributed by atoms with Crippen molar-refractivity contribution in [1.82, 2.24) is 10.2 Å². The second kappa shape index (κ2) is 9.00. The zero-order chi connectivity index (χ0) is 12.6. The molecule has 1 N–H and O–H groups in total. The van der Waals surface area contributed by atoms with Crippen molar-refractivity contribution in [1.29, 1.82) is 0 Å². The van der Waals surface area contributed by atoms with Crippen molar-refractivity contribution >= 4 is 0 Å². The van der Waals surface area contributed by atoms with Crippen LogP contribution in [0.25, 0.3) is 0 Å². The van der Waals surface area contributed by atoms with E-state index in [1.165, 1.54) is 25.8 Å². The third kappa shape index (κ3) is 7.24. The molecule has 0 rings (SSSR count). The second-order valence-corrected chi connectivity index (χ2v) is 5.39. The first-order valence-corrected chi connectivity index (χ1v) is 6.94. The highest BCUT2D eigenvalue weighted by Crippen LogP contribution is 2.09. The summed E-state index contributed by atoms with van der Waals surface area (Å²) < 4.78 is 0. The summed E-state index contributed by atoms with van der Waals surface area (Å²) in [5, 5.41) is 3.56. The molecule has 0 fully saturated rings. The van der Waals surface area contributed by atoms with Crippen LogP contribution in [-0.4, -0.2) is 37.1 Å². The minimum Gasteiger partial charge on any atom is -0.314 e. The molecule has 0 bridgehead atoms. The number of nitrogens with one attached hydrogen (secondary N) is 1. The van der Waals surface area contributed by atoms with Crippen LogP contribution in [0.3, 0.4) is 0 Å². The number of nitrogens with zero attached hydrogens (tertiary/aromatic N) is 1. The van der Waals surface area contributed by atoms with Crippen LogP contribution in [-0.2, 0) is 0 Å². The lowest BCUT2D eigenvalue weighted by Crippen LogP contribution is -2.38. The average molecular weight is 228 g/mol. The van der Waals surface area contributed by atoms with E-state index in [2.05, 4.69) is 51.9 Å². The normalized spacial score (nSPS) is 17.4. The molecule has 0 heterocycles. The Bertz CT molecular complexity index is 159. The molecular weight excluding hydrogens is 196 g/mol. The quantitative estimate of drug-likeness (QED) is 0.652. The molecule has 3 atom stereocenters. The molecule has 0 saturated carbocycles.